The van der Waals surface area contributed by atoms with Gasteiger partial charge in [0.05, 0.1) is 9.85 Å². The number of benzene rings is 2. The van der Waals surface area contributed by atoms with E-state index < -0.39 is 45.5 Å². The Bertz CT molecular complexity index is 1120. The summed E-state index contributed by atoms with van der Waals surface area (Å²) >= 11 is 5.73. The van der Waals surface area contributed by atoms with Gasteiger partial charge in [0.15, 0.2) is 0 Å². The molecule has 2 aromatic carbocycles. The van der Waals surface area contributed by atoms with Crippen LogP contribution in [-0.4, -0.2) is 39.1 Å². The first-order valence-corrected chi connectivity index (χ1v) is 9.03. The number of hydrogen-bond acceptors (Lipinski definition) is 7. The molecule has 4 amide bonds. The molecule has 0 aromatic heterocycles. The number of imide groups is 1. The van der Waals surface area contributed by atoms with Crippen molar-refractivity contribution in [3.63, 3.8) is 0 Å². The largest absolute Gasteiger partial charge is 0.325 e. The molecule has 12 nitrogen and oxygen atoms in total. The Hall–Kier alpha value is -4.06. The number of amides is 4. The maximum absolute atomic E-state index is 12.9. The highest BCUT2D eigenvalue weighted by atomic mass is 35.5. The molecule has 0 radical (unpaired) electrons. The zero-order chi connectivity index (χ0) is 22.9. The summed E-state index contributed by atoms with van der Waals surface area (Å²) in [6, 6.07) is 7.80. The minimum Gasteiger partial charge on any atom is -0.319 e. The molecule has 31 heavy (non-hydrogen) atoms. The molecular weight excluding hydrogens is 434 g/mol. The van der Waals surface area contributed by atoms with Crippen LogP contribution in [0.3, 0.4) is 0 Å². The Labute approximate surface area is 179 Å². The highest BCUT2D eigenvalue weighted by Crippen LogP contribution is 2.31. The van der Waals surface area contributed by atoms with E-state index in [9.17, 15) is 34.6 Å². The van der Waals surface area contributed by atoms with Gasteiger partial charge in [-0.1, -0.05) is 11.6 Å². The van der Waals surface area contributed by atoms with E-state index in [1.807, 2.05) is 0 Å². The molecule has 160 valence electrons. The Morgan fingerprint density at radius 1 is 1.13 bits per heavy atom. The molecule has 2 aromatic rings. The normalized spacial score (nSPS) is 17.9. The molecule has 0 spiro atoms. The number of carbonyl (C=O) groups is 3. The number of urea groups is 1. The third-order valence-electron chi connectivity index (χ3n) is 4.66. The molecule has 2 N–H and O–H groups in total. The Balaban J connectivity index is 1.78. The molecule has 1 unspecified atom stereocenters. The fraction of sp³-hybridized carbons (Fsp3) is 0.167. The Morgan fingerprint density at radius 3 is 2.35 bits per heavy atom. The first kappa shape index (κ1) is 21.6. The number of nitro benzene ring substituents is 2. The average Bonchev–Trinajstić information content (AvgIpc) is 2.93. The smallest absolute Gasteiger partial charge is 0.319 e. The van der Waals surface area contributed by atoms with Crippen LogP contribution in [0.15, 0.2) is 42.5 Å². The second kappa shape index (κ2) is 7.99. The van der Waals surface area contributed by atoms with Crippen molar-refractivity contribution in [3.05, 3.63) is 73.3 Å². The quantitative estimate of drug-likeness (QED) is 0.390. The van der Waals surface area contributed by atoms with E-state index in [0.29, 0.717) is 4.90 Å². The second-order valence-corrected chi connectivity index (χ2v) is 7.15. The van der Waals surface area contributed by atoms with Crippen molar-refractivity contribution in [3.8, 4) is 0 Å². The van der Waals surface area contributed by atoms with E-state index in [0.717, 1.165) is 6.07 Å². The zero-order valence-corrected chi connectivity index (χ0v) is 16.6. The van der Waals surface area contributed by atoms with Gasteiger partial charge in [0.1, 0.15) is 17.8 Å². The molecule has 3 rings (SSSR count). The molecule has 1 atom stereocenters. The third kappa shape index (κ3) is 4.14. The van der Waals surface area contributed by atoms with Crippen molar-refractivity contribution in [1.29, 1.82) is 0 Å². The molecule has 0 aliphatic carbocycles. The van der Waals surface area contributed by atoms with Crippen LogP contribution in [0, 0.1) is 20.2 Å². The number of halogens is 1. The molecule has 1 aliphatic rings. The van der Waals surface area contributed by atoms with E-state index in [4.69, 9.17) is 11.6 Å². The molecule has 1 saturated heterocycles. The van der Waals surface area contributed by atoms with Gasteiger partial charge in [0.2, 0.25) is 5.91 Å². The summed E-state index contributed by atoms with van der Waals surface area (Å²) in [6.45, 7) is 0.698. The van der Waals surface area contributed by atoms with Gasteiger partial charge in [-0.3, -0.25) is 34.7 Å². The molecule has 13 heteroatoms. The first-order valence-electron chi connectivity index (χ1n) is 8.66. The fourth-order valence-corrected chi connectivity index (χ4v) is 3.21. The SMILES string of the molecule is CC1(c2ccc([N+](=O)[O-])cc2)NC(=O)N(CC(=O)Nc2ccc(Cl)cc2[N+](=O)[O-])C1=O. The van der Waals surface area contributed by atoms with Crippen molar-refractivity contribution in [1.82, 2.24) is 10.2 Å². The highest BCUT2D eigenvalue weighted by molar-refractivity contribution is 6.31. The van der Waals surface area contributed by atoms with Crippen LogP contribution >= 0.6 is 11.6 Å². The van der Waals surface area contributed by atoms with E-state index >= 15 is 0 Å². The lowest BCUT2D eigenvalue weighted by Crippen LogP contribution is -2.42. The lowest BCUT2D eigenvalue weighted by Gasteiger charge is -2.22. The Kier molecular flexibility index (Phi) is 5.58. The predicted octanol–water partition coefficient (Wildman–Crippen LogP) is 2.56. The number of carbonyl (C=O) groups excluding carboxylic acids is 3. The lowest BCUT2D eigenvalue weighted by atomic mass is 9.92. The van der Waals surface area contributed by atoms with Crippen LogP contribution in [0.5, 0.6) is 0 Å². The minimum atomic E-state index is -1.54. The van der Waals surface area contributed by atoms with Crippen LogP contribution in [0.4, 0.5) is 21.9 Å². The zero-order valence-electron chi connectivity index (χ0n) is 15.8. The van der Waals surface area contributed by atoms with E-state index in [-0.39, 0.29) is 22.0 Å². The minimum absolute atomic E-state index is 0.0951. The predicted molar refractivity (Wildman–Crippen MR) is 107 cm³/mol. The number of hydrogen-bond donors (Lipinski definition) is 2. The van der Waals surface area contributed by atoms with Gasteiger partial charge in [-0.05, 0) is 36.8 Å². The summed E-state index contributed by atoms with van der Waals surface area (Å²) in [4.78, 5) is 58.8. The number of nitrogens with one attached hydrogen (secondary N) is 2. The van der Waals surface area contributed by atoms with Gasteiger partial charge in [-0.2, -0.15) is 0 Å². The number of nitro groups is 2. The summed E-state index contributed by atoms with van der Waals surface area (Å²) in [5, 5.41) is 26.8. The van der Waals surface area contributed by atoms with Gasteiger partial charge >= 0.3 is 6.03 Å². The van der Waals surface area contributed by atoms with Gasteiger partial charge < -0.3 is 10.6 Å². The number of anilines is 1. The number of nitrogens with zero attached hydrogens (tertiary/aromatic N) is 3. The monoisotopic (exact) mass is 447 g/mol. The van der Waals surface area contributed by atoms with Crippen molar-refractivity contribution >= 4 is 46.5 Å². The maximum Gasteiger partial charge on any atom is 0.325 e. The van der Waals surface area contributed by atoms with Crippen LogP contribution in [-0.2, 0) is 15.1 Å². The first-order chi connectivity index (χ1) is 14.5. The van der Waals surface area contributed by atoms with Gasteiger partial charge in [-0.25, -0.2) is 4.79 Å². The summed E-state index contributed by atoms with van der Waals surface area (Å²) in [7, 11) is 0. The van der Waals surface area contributed by atoms with E-state index in [1.54, 1.807) is 0 Å². The second-order valence-electron chi connectivity index (χ2n) is 6.72. The van der Waals surface area contributed by atoms with Crippen molar-refractivity contribution < 1.29 is 24.2 Å². The maximum atomic E-state index is 12.9. The molecule has 0 bridgehead atoms. The topological polar surface area (TPSA) is 165 Å². The highest BCUT2D eigenvalue weighted by Gasteiger charge is 2.49. The lowest BCUT2D eigenvalue weighted by molar-refractivity contribution is -0.384. The van der Waals surface area contributed by atoms with Gasteiger partial charge in [0, 0.05) is 23.2 Å². The van der Waals surface area contributed by atoms with Crippen molar-refractivity contribution in [2.75, 3.05) is 11.9 Å². The average molecular weight is 448 g/mol. The molecule has 1 heterocycles. The van der Waals surface area contributed by atoms with Crippen LogP contribution in [0.2, 0.25) is 5.02 Å². The summed E-state index contributed by atoms with van der Waals surface area (Å²) < 4.78 is 0. The number of rotatable bonds is 6. The van der Waals surface area contributed by atoms with Crippen LogP contribution in [0.25, 0.3) is 0 Å². The standard InChI is InChI=1S/C18H14ClN5O7/c1-18(10-2-5-12(6-3-10)23(28)29)16(26)22(17(27)21-18)9-15(25)20-13-7-4-11(19)8-14(13)24(30)31/h2-8H,9H2,1H3,(H,20,25)(H,21,27). The summed E-state index contributed by atoms with van der Waals surface area (Å²) in [6.07, 6.45) is 0. The molecule has 1 fully saturated rings. The van der Waals surface area contributed by atoms with E-state index in [1.165, 1.54) is 43.3 Å². The van der Waals surface area contributed by atoms with E-state index in [2.05, 4.69) is 10.6 Å². The summed E-state index contributed by atoms with van der Waals surface area (Å²) in [5.74, 6) is -1.60. The molecule has 0 saturated carbocycles. The van der Waals surface area contributed by atoms with Crippen molar-refractivity contribution in [2.24, 2.45) is 0 Å². The number of non-ortho nitro benzene ring substituents is 1. The fourth-order valence-electron chi connectivity index (χ4n) is 3.05. The molecular formula is C18H14ClN5O7. The third-order valence-corrected chi connectivity index (χ3v) is 4.90. The summed E-state index contributed by atoms with van der Waals surface area (Å²) in [5.41, 5.74) is -2.05. The van der Waals surface area contributed by atoms with Crippen molar-refractivity contribution in [2.45, 2.75) is 12.5 Å². The van der Waals surface area contributed by atoms with Gasteiger partial charge in [0.25, 0.3) is 17.3 Å². The van der Waals surface area contributed by atoms with Crippen LogP contribution < -0.4 is 10.6 Å². The molecule has 1 aliphatic heterocycles. The Morgan fingerprint density at radius 2 is 1.77 bits per heavy atom. The van der Waals surface area contributed by atoms with Gasteiger partial charge in [-0.15, -0.1) is 0 Å². The van der Waals surface area contributed by atoms with Crippen LogP contribution in [0.1, 0.15) is 12.5 Å².